The Hall–Kier alpha value is -0.130. The number of hydrogen-bond donors (Lipinski definition) is 2. The summed E-state index contributed by atoms with van der Waals surface area (Å²) in [6.07, 6.45) is 1.50. The van der Waals surface area contributed by atoms with Crippen molar-refractivity contribution in [3.8, 4) is 0 Å². The Kier molecular flexibility index (Phi) is 2.86. The van der Waals surface area contributed by atoms with Gasteiger partial charge in [-0.3, -0.25) is 0 Å². The standard InChI is InChI=1S/C6H13NO3S/c8-7-3-1-6-2-4-11(9,10)5-6/h6-8H,1-5H2. The lowest BCUT2D eigenvalue weighted by atomic mass is 10.1. The van der Waals surface area contributed by atoms with E-state index < -0.39 is 9.84 Å². The van der Waals surface area contributed by atoms with E-state index in [9.17, 15) is 8.42 Å². The molecule has 1 atom stereocenters. The maximum atomic E-state index is 10.9. The average Bonchev–Trinajstić information content (AvgIpc) is 2.26. The van der Waals surface area contributed by atoms with E-state index in [-0.39, 0.29) is 5.92 Å². The van der Waals surface area contributed by atoms with Gasteiger partial charge < -0.3 is 5.21 Å². The zero-order valence-corrected chi connectivity index (χ0v) is 7.10. The second-order valence-corrected chi connectivity index (χ2v) is 5.19. The van der Waals surface area contributed by atoms with Crippen LogP contribution in [0.3, 0.4) is 0 Å². The molecule has 0 aliphatic carbocycles. The molecule has 0 bridgehead atoms. The van der Waals surface area contributed by atoms with E-state index in [0.717, 1.165) is 12.8 Å². The zero-order chi connectivity index (χ0) is 8.32. The van der Waals surface area contributed by atoms with Gasteiger partial charge in [0.1, 0.15) is 0 Å². The number of sulfone groups is 1. The molecule has 1 rings (SSSR count). The van der Waals surface area contributed by atoms with Crippen LogP contribution in [-0.4, -0.2) is 31.7 Å². The van der Waals surface area contributed by atoms with Crippen molar-refractivity contribution in [2.45, 2.75) is 12.8 Å². The lowest BCUT2D eigenvalue weighted by Gasteiger charge is -2.04. The Bertz CT molecular complexity index is 212. The first kappa shape index (κ1) is 8.96. The minimum atomic E-state index is -2.74. The molecule has 5 heteroatoms. The topological polar surface area (TPSA) is 66.4 Å². The van der Waals surface area contributed by atoms with Crippen LogP contribution >= 0.6 is 0 Å². The minimum Gasteiger partial charge on any atom is -0.317 e. The molecule has 0 aromatic heterocycles. The Morgan fingerprint density at radius 1 is 1.55 bits per heavy atom. The van der Waals surface area contributed by atoms with Gasteiger partial charge >= 0.3 is 0 Å². The summed E-state index contributed by atoms with van der Waals surface area (Å²) < 4.78 is 21.8. The fourth-order valence-electron chi connectivity index (χ4n) is 1.37. The van der Waals surface area contributed by atoms with E-state index in [2.05, 4.69) is 0 Å². The van der Waals surface area contributed by atoms with E-state index in [1.807, 2.05) is 5.48 Å². The highest BCUT2D eigenvalue weighted by molar-refractivity contribution is 7.91. The van der Waals surface area contributed by atoms with Crippen molar-refractivity contribution >= 4 is 9.84 Å². The fraction of sp³-hybridized carbons (Fsp3) is 1.00. The number of hydroxylamine groups is 1. The molecule has 66 valence electrons. The quantitative estimate of drug-likeness (QED) is 0.588. The molecule has 1 aliphatic heterocycles. The second-order valence-electron chi connectivity index (χ2n) is 2.97. The van der Waals surface area contributed by atoms with Gasteiger partial charge in [0.25, 0.3) is 0 Å². The van der Waals surface area contributed by atoms with E-state index in [4.69, 9.17) is 5.21 Å². The molecule has 0 aromatic carbocycles. The molecule has 2 N–H and O–H groups in total. The van der Waals surface area contributed by atoms with Gasteiger partial charge in [-0.05, 0) is 18.8 Å². The Morgan fingerprint density at radius 2 is 2.27 bits per heavy atom. The SMILES string of the molecule is O=S1(=O)CCC(CCNO)C1. The fourth-order valence-corrected chi connectivity index (χ4v) is 3.28. The highest BCUT2D eigenvalue weighted by atomic mass is 32.2. The molecule has 0 aromatic rings. The van der Waals surface area contributed by atoms with Crippen LogP contribution in [0.15, 0.2) is 0 Å². The zero-order valence-electron chi connectivity index (χ0n) is 6.28. The summed E-state index contributed by atoms with van der Waals surface area (Å²) in [6.45, 7) is 0.486. The van der Waals surface area contributed by atoms with Crippen molar-refractivity contribution < 1.29 is 13.6 Å². The summed E-state index contributed by atoms with van der Waals surface area (Å²) in [5.41, 5.74) is 2.03. The first-order valence-electron chi connectivity index (χ1n) is 3.71. The molecule has 0 saturated carbocycles. The summed E-state index contributed by atoms with van der Waals surface area (Å²) in [7, 11) is -2.74. The minimum absolute atomic E-state index is 0.250. The normalized spacial score (nSPS) is 29.0. The van der Waals surface area contributed by atoms with Gasteiger partial charge in [-0.15, -0.1) is 0 Å². The van der Waals surface area contributed by atoms with Crippen LogP contribution in [0.25, 0.3) is 0 Å². The van der Waals surface area contributed by atoms with Crippen molar-refractivity contribution in [2.24, 2.45) is 5.92 Å². The molecular formula is C6H13NO3S. The van der Waals surface area contributed by atoms with Crippen LogP contribution in [0.4, 0.5) is 0 Å². The molecule has 0 amide bonds. The van der Waals surface area contributed by atoms with Crippen LogP contribution in [0, 0.1) is 5.92 Å². The molecule has 0 spiro atoms. The number of hydrogen-bond acceptors (Lipinski definition) is 4. The van der Waals surface area contributed by atoms with Gasteiger partial charge in [-0.2, -0.15) is 0 Å². The maximum Gasteiger partial charge on any atom is 0.150 e. The van der Waals surface area contributed by atoms with Crippen LogP contribution in [0.5, 0.6) is 0 Å². The summed E-state index contributed by atoms with van der Waals surface area (Å²) in [4.78, 5) is 0. The number of rotatable bonds is 3. The van der Waals surface area contributed by atoms with E-state index in [0.29, 0.717) is 18.1 Å². The van der Waals surface area contributed by atoms with Gasteiger partial charge in [-0.1, -0.05) is 0 Å². The van der Waals surface area contributed by atoms with E-state index in [1.165, 1.54) is 0 Å². The number of nitrogens with one attached hydrogen (secondary N) is 1. The van der Waals surface area contributed by atoms with Crippen molar-refractivity contribution in [1.29, 1.82) is 0 Å². The maximum absolute atomic E-state index is 10.9. The van der Waals surface area contributed by atoms with Crippen LogP contribution < -0.4 is 5.48 Å². The highest BCUT2D eigenvalue weighted by Gasteiger charge is 2.26. The van der Waals surface area contributed by atoms with Gasteiger partial charge in [0.15, 0.2) is 9.84 Å². The summed E-state index contributed by atoms with van der Waals surface area (Å²) in [5.74, 6) is 0.872. The van der Waals surface area contributed by atoms with Gasteiger partial charge in [0.05, 0.1) is 11.5 Å². The molecule has 1 aliphatic rings. The Morgan fingerprint density at radius 3 is 2.73 bits per heavy atom. The molecule has 1 fully saturated rings. The summed E-state index contributed by atoms with van der Waals surface area (Å²) in [6, 6.07) is 0. The van der Waals surface area contributed by atoms with Crippen molar-refractivity contribution in [3.05, 3.63) is 0 Å². The summed E-state index contributed by atoms with van der Waals surface area (Å²) in [5, 5.41) is 8.26. The monoisotopic (exact) mass is 179 g/mol. The molecule has 1 heterocycles. The van der Waals surface area contributed by atoms with Gasteiger partial charge in [-0.25, -0.2) is 13.9 Å². The lowest BCUT2D eigenvalue weighted by molar-refractivity contribution is 0.160. The van der Waals surface area contributed by atoms with Crippen LogP contribution in [0.1, 0.15) is 12.8 Å². The van der Waals surface area contributed by atoms with Crippen molar-refractivity contribution in [2.75, 3.05) is 18.1 Å². The van der Waals surface area contributed by atoms with E-state index >= 15 is 0 Å². The molecular weight excluding hydrogens is 166 g/mol. The third-order valence-electron chi connectivity index (χ3n) is 1.99. The van der Waals surface area contributed by atoms with Crippen LogP contribution in [-0.2, 0) is 9.84 Å². The predicted octanol–water partition coefficient (Wildman–Crippen LogP) is -0.210. The van der Waals surface area contributed by atoms with Crippen molar-refractivity contribution in [3.63, 3.8) is 0 Å². The molecule has 1 saturated heterocycles. The third kappa shape index (κ3) is 2.76. The highest BCUT2D eigenvalue weighted by Crippen LogP contribution is 2.20. The lowest BCUT2D eigenvalue weighted by Crippen LogP contribution is -2.14. The van der Waals surface area contributed by atoms with Crippen LogP contribution in [0.2, 0.25) is 0 Å². The van der Waals surface area contributed by atoms with E-state index in [1.54, 1.807) is 0 Å². The molecule has 0 radical (unpaired) electrons. The smallest absolute Gasteiger partial charge is 0.150 e. The average molecular weight is 179 g/mol. The van der Waals surface area contributed by atoms with Gasteiger partial charge in [0.2, 0.25) is 0 Å². The molecule has 1 unspecified atom stereocenters. The molecule has 4 nitrogen and oxygen atoms in total. The summed E-state index contributed by atoms with van der Waals surface area (Å²) >= 11 is 0. The Labute approximate surface area is 66.5 Å². The van der Waals surface area contributed by atoms with Gasteiger partial charge in [0, 0.05) is 6.54 Å². The van der Waals surface area contributed by atoms with Crippen molar-refractivity contribution in [1.82, 2.24) is 5.48 Å². The third-order valence-corrected chi connectivity index (χ3v) is 3.83. The first-order chi connectivity index (χ1) is 5.14. The Balaban J connectivity index is 2.31. The largest absolute Gasteiger partial charge is 0.317 e. The second kappa shape index (κ2) is 3.51. The predicted molar refractivity (Wildman–Crippen MR) is 41.2 cm³/mol. The molecule has 11 heavy (non-hydrogen) atoms. The first-order valence-corrected chi connectivity index (χ1v) is 5.53.